The lowest BCUT2D eigenvalue weighted by Crippen LogP contribution is -2.38. The molecule has 1 N–H and O–H groups in total. The second-order valence-electron chi connectivity index (χ2n) is 8.94. The Morgan fingerprint density at radius 3 is 2.87 bits per heavy atom. The molecule has 0 bridgehead atoms. The number of hydrogen-bond acceptors (Lipinski definition) is 4. The van der Waals surface area contributed by atoms with Crippen LogP contribution in [0.3, 0.4) is 0 Å². The van der Waals surface area contributed by atoms with Gasteiger partial charge in [0.15, 0.2) is 0 Å². The summed E-state index contributed by atoms with van der Waals surface area (Å²) >= 11 is 0. The first-order valence-corrected chi connectivity index (χ1v) is 10.9. The topological polar surface area (TPSA) is 69.3 Å². The van der Waals surface area contributed by atoms with Crippen molar-refractivity contribution in [2.45, 2.75) is 51.7 Å². The van der Waals surface area contributed by atoms with Crippen LogP contribution in [-0.4, -0.2) is 38.8 Å². The van der Waals surface area contributed by atoms with Gasteiger partial charge in [-0.1, -0.05) is 25.1 Å². The molecule has 3 aliphatic rings. The van der Waals surface area contributed by atoms with E-state index < -0.39 is 0 Å². The largest absolute Gasteiger partial charge is 0.332 e. The molecule has 3 atom stereocenters. The highest BCUT2D eigenvalue weighted by Crippen LogP contribution is 2.42. The SMILES string of the molecule is C[C@H]1C[C@H]1C(=O)N1CCC[C@@H]1c1nc2c(c(=O)[nH]1)CN(Cc1ccccc1F)CC2. The predicted molar refractivity (Wildman–Crippen MR) is 110 cm³/mol. The average molecular weight is 410 g/mol. The molecule has 1 saturated carbocycles. The summed E-state index contributed by atoms with van der Waals surface area (Å²) < 4.78 is 14.0. The van der Waals surface area contributed by atoms with Gasteiger partial charge in [-0.2, -0.15) is 0 Å². The fraction of sp³-hybridized carbons (Fsp3) is 0.522. The Kier molecular flexibility index (Phi) is 4.93. The number of aromatic amines is 1. The highest BCUT2D eigenvalue weighted by Gasteiger charge is 2.45. The first-order chi connectivity index (χ1) is 14.5. The maximum atomic E-state index is 14.0. The minimum Gasteiger partial charge on any atom is -0.332 e. The number of likely N-dealkylation sites (tertiary alicyclic amines) is 1. The van der Waals surface area contributed by atoms with Gasteiger partial charge in [-0.05, 0) is 31.2 Å². The van der Waals surface area contributed by atoms with E-state index in [0.29, 0.717) is 42.4 Å². The molecule has 6 nitrogen and oxygen atoms in total. The van der Waals surface area contributed by atoms with Crippen molar-refractivity contribution in [3.63, 3.8) is 0 Å². The fourth-order valence-corrected chi connectivity index (χ4v) is 4.85. The number of H-pyrrole nitrogens is 1. The van der Waals surface area contributed by atoms with Crippen molar-refractivity contribution in [2.24, 2.45) is 11.8 Å². The van der Waals surface area contributed by atoms with Gasteiger partial charge in [0.1, 0.15) is 11.6 Å². The number of benzene rings is 1. The van der Waals surface area contributed by atoms with Gasteiger partial charge in [0.2, 0.25) is 5.91 Å². The maximum Gasteiger partial charge on any atom is 0.255 e. The molecule has 1 aromatic carbocycles. The van der Waals surface area contributed by atoms with Gasteiger partial charge in [-0.15, -0.1) is 0 Å². The number of nitrogens with zero attached hydrogens (tertiary/aromatic N) is 3. The molecule has 1 aliphatic carbocycles. The van der Waals surface area contributed by atoms with Crippen LogP contribution in [-0.2, 0) is 24.3 Å². The van der Waals surface area contributed by atoms with Crippen LogP contribution in [0, 0.1) is 17.7 Å². The molecular weight excluding hydrogens is 383 g/mol. The lowest BCUT2D eigenvalue weighted by molar-refractivity contribution is -0.134. The zero-order valence-corrected chi connectivity index (χ0v) is 17.2. The van der Waals surface area contributed by atoms with Crippen molar-refractivity contribution in [3.8, 4) is 0 Å². The van der Waals surface area contributed by atoms with E-state index in [9.17, 15) is 14.0 Å². The fourth-order valence-electron chi connectivity index (χ4n) is 4.85. The summed E-state index contributed by atoms with van der Waals surface area (Å²) in [6, 6.07) is 6.63. The number of hydrogen-bond donors (Lipinski definition) is 1. The van der Waals surface area contributed by atoms with Crippen molar-refractivity contribution in [1.29, 1.82) is 0 Å². The number of carbonyl (C=O) groups is 1. The molecule has 30 heavy (non-hydrogen) atoms. The Hall–Kier alpha value is -2.54. The number of amides is 1. The van der Waals surface area contributed by atoms with Crippen LogP contribution in [0.2, 0.25) is 0 Å². The number of nitrogens with one attached hydrogen (secondary N) is 1. The molecular formula is C23H27FN4O2. The van der Waals surface area contributed by atoms with Crippen molar-refractivity contribution in [1.82, 2.24) is 19.8 Å². The lowest BCUT2D eigenvalue weighted by atomic mass is 10.0. The summed E-state index contributed by atoms with van der Waals surface area (Å²) in [5.74, 6) is 1.22. The molecule has 0 spiro atoms. The van der Waals surface area contributed by atoms with Crippen molar-refractivity contribution in [2.75, 3.05) is 13.1 Å². The van der Waals surface area contributed by atoms with Crippen LogP contribution in [0.1, 0.15) is 54.9 Å². The molecule has 2 aliphatic heterocycles. The normalized spacial score (nSPS) is 25.9. The first-order valence-electron chi connectivity index (χ1n) is 10.9. The Balaban J connectivity index is 1.35. The van der Waals surface area contributed by atoms with Gasteiger partial charge in [-0.3, -0.25) is 14.5 Å². The second-order valence-corrected chi connectivity index (χ2v) is 8.94. The van der Waals surface area contributed by atoms with E-state index >= 15 is 0 Å². The number of fused-ring (bicyclic) bond motifs is 1. The Morgan fingerprint density at radius 2 is 2.10 bits per heavy atom. The van der Waals surface area contributed by atoms with Crippen molar-refractivity contribution < 1.29 is 9.18 Å². The molecule has 1 aromatic heterocycles. The third kappa shape index (κ3) is 3.55. The van der Waals surface area contributed by atoms with Crippen LogP contribution >= 0.6 is 0 Å². The average Bonchev–Trinajstić information content (AvgIpc) is 3.26. The third-order valence-electron chi connectivity index (χ3n) is 6.80. The van der Waals surface area contributed by atoms with E-state index in [1.54, 1.807) is 12.1 Å². The monoisotopic (exact) mass is 410 g/mol. The summed E-state index contributed by atoms with van der Waals surface area (Å²) in [6.07, 6.45) is 3.40. The van der Waals surface area contributed by atoms with Crippen LogP contribution in [0.15, 0.2) is 29.1 Å². The van der Waals surface area contributed by atoms with Gasteiger partial charge in [0, 0.05) is 44.1 Å². The molecule has 3 heterocycles. The van der Waals surface area contributed by atoms with E-state index in [1.165, 1.54) is 6.07 Å². The molecule has 2 aromatic rings. The Morgan fingerprint density at radius 1 is 1.30 bits per heavy atom. The quantitative estimate of drug-likeness (QED) is 0.842. The Bertz CT molecular complexity index is 1040. The summed E-state index contributed by atoms with van der Waals surface area (Å²) in [5.41, 5.74) is 1.98. The summed E-state index contributed by atoms with van der Waals surface area (Å²) in [4.78, 5) is 37.4. The molecule has 5 rings (SSSR count). The maximum absolute atomic E-state index is 14.0. The van der Waals surface area contributed by atoms with E-state index in [1.807, 2.05) is 11.0 Å². The highest BCUT2D eigenvalue weighted by atomic mass is 19.1. The van der Waals surface area contributed by atoms with Crippen molar-refractivity contribution in [3.05, 3.63) is 63.1 Å². The van der Waals surface area contributed by atoms with Crippen LogP contribution in [0.25, 0.3) is 0 Å². The number of halogens is 1. The second kappa shape index (κ2) is 7.61. The van der Waals surface area contributed by atoms with E-state index in [2.05, 4.69) is 16.8 Å². The highest BCUT2D eigenvalue weighted by molar-refractivity contribution is 5.82. The lowest BCUT2D eigenvalue weighted by Gasteiger charge is -2.29. The molecule has 0 unspecified atom stereocenters. The third-order valence-corrected chi connectivity index (χ3v) is 6.80. The minimum absolute atomic E-state index is 0.125. The van der Waals surface area contributed by atoms with Crippen molar-refractivity contribution >= 4 is 5.91 Å². The Labute approximate surface area is 175 Å². The van der Waals surface area contributed by atoms with Gasteiger partial charge in [0.25, 0.3) is 5.56 Å². The summed E-state index contributed by atoms with van der Waals surface area (Å²) in [5, 5.41) is 0. The minimum atomic E-state index is -0.221. The molecule has 1 amide bonds. The van der Waals surface area contributed by atoms with Gasteiger partial charge >= 0.3 is 0 Å². The molecule has 7 heteroatoms. The molecule has 158 valence electrons. The molecule has 1 saturated heterocycles. The number of carbonyl (C=O) groups excluding carboxylic acids is 1. The van der Waals surface area contributed by atoms with Crippen LogP contribution in [0.4, 0.5) is 4.39 Å². The van der Waals surface area contributed by atoms with E-state index in [0.717, 1.165) is 38.0 Å². The smallest absolute Gasteiger partial charge is 0.255 e. The van der Waals surface area contributed by atoms with E-state index in [4.69, 9.17) is 4.98 Å². The standard InChI is InChI=1S/C23H27FN4O2/c1-14-11-16(14)23(30)28-9-4-7-20(28)21-25-19-8-10-27(13-17(19)22(29)26-21)12-15-5-2-3-6-18(15)24/h2-3,5-6,14,16,20H,4,7-13H2,1H3,(H,25,26,29)/t14-,16+,20+/m0/s1. The first kappa shape index (κ1) is 19.4. The predicted octanol–water partition coefficient (Wildman–Crippen LogP) is 2.79. The van der Waals surface area contributed by atoms with Gasteiger partial charge < -0.3 is 9.88 Å². The summed E-state index contributed by atoms with van der Waals surface area (Å²) in [6.45, 7) is 4.50. The molecule has 0 radical (unpaired) electrons. The number of rotatable bonds is 4. The molecule has 2 fully saturated rings. The van der Waals surface area contributed by atoms with Gasteiger partial charge in [0.05, 0.1) is 17.3 Å². The summed E-state index contributed by atoms with van der Waals surface area (Å²) in [7, 11) is 0. The van der Waals surface area contributed by atoms with Gasteiger partial charge in [-0.25, -0.2) is 9.37 Å². The van der Waals surface area contributed by atoms with Crippen LogP contribution < -0.4 is 5.56 Å². The number of aromatic nitrogens is 2. The van der Waals surface area contributed by atoms with Crippen LogP contribution in [0.5, 0.6) is 0 Å². The zero-order valence-electron chi connectivity index (χ0n) is 17.2. The zero-order chi connectivity index (χ0) is 20.8. The van der Waals surface area contributed by atoms with E-state index in [-0.39, 0.29) is 29.2 Å².